The Morgan fingerprint density at radius 1 is 0.810 bits per heavy atom. The van der Waals surface area contributed by atoms with Crippen LogP contribution in [0.1, 0.15) is 29.2 Å². The van der Waals surface area contributed by atoms with Crippen molar-refractivity contribution in [3.8, 4) is 0 Å². The van der Waals surface area contributed by atoms with E-state index in [9.17, 15) is 0 Å². The molecule has 2 aromatic carbocycles. The van der Waals surface area contributed by atoms with Crippen LogP contribution in [0.2, 0.25) is 6.82 Å². The minimum atomic E-state index is 0. The molecular formula is C19H25BBe. The van der Waals surface area contributed by atoms with E-state index < -0.39 is 0 Å². The van der Waals surface area contributed by atoms with Gasteiger partial charge in [-0.3, -0.25) is 0 Å². The van der Waals surface area contributed by atoms with Gasteiger partial charge in [0.1, 0.15) is 6.71 Å². The molecule has 0 atom stereocenters. The zero-order valence-electron chi connectivity index (χ0n) is 13.7. The minimum Gasteiger partial charge on any atom is -0.346 e. The third-order valence-electron chi connectivity index (χ3n) is 3.31. The fraction of sp³-hybridized carbons (Fsp3) is 0.263. The van der Waals surface area contributed by atoms with Crippen LogP contribution in [0.3, 0.4) is 0 Å². The molecule has 2 aromatic rings. The summed E-state index contributed by atoms with van der Waals surface area (Å²) in [5, 5.41) is 0. The van der Waals surface area contributed by atoms with Gasteiger partial charge in [0.2, 0.25) is 0 Å². The van der Waals surface area contributed by atoms with Crippen molar-refractivity contribution in [2.45, 2.75) is 33.3 Å². The molecule has 0 unspecified atom stereocenters. The summed E-state index contributed by atoms with van der Waals surface area (Å²) in [7, 11) is 0. The molecule has 0 spiro atoms. The normalized spacial score (nSPS) is 9.14. The average Bonchev–Trinajstić information content (AvgIpc) is 2.46. The van der Waals surface area contributed by atoms with Crippen LogP contribution in [0.5, 0.6) is 0 Å². The second kappa shape index (κ2) is 10.3. The van der Waals surface area contributed by atoms with Gasteiger partial charge in [0, 0.05) is 0 Å². The largest absolute Gasteiger partial charge is 2.00 e. The Labute approximate surface area is 135 Å². The van der Waals surface area contributed by atoms with Gasteiger partial charge in [-0.25, -0.2) is 0 Å². The Bertz CT molecular complexity index is 440. The molecule has 0 bridgehead atoms. The summed E-state index contributed by atoms with van der Waals surface area (Å²) in [6.07, 6.45) is 2.28. The summed E-state index contributed by atoms with van der Waals surface area (Å²) in [6, 6.07) is 17.4. The Balaban J connectivity index is 0.00000128. The topological polar surface area (TPSA) is 0 Å². The Morgan fingerprint density at radius 3 is 1.62 bits per heavy atom. The number of benzene rings is 2. The molecule has 0 amide bonds. The molecule has 2 rings (SSSR count). The Morgan fingerprint density at radius 2 is 1.19 bits per heavy atom. The van der Waals surface area contributed by atoms with Crippen LogP contribution < -0.4 is 0 Å². The molecule has 0 aliphatic rings. The van der Waals surface area contributed by atoms with Crippen LogP contribution in [0.25, 0.3) is 0 Å². The van der Waals surface area contributed by atoms with Crippen LogP contribution in [0, 0.1) is 20.8 Å². The molecule has 0 aromatic heterocycles. The van der Waals surface area contributed by atoms with Gasteiger partial charge in [-0.2, -0.15) is 31.5 Å². The van der Waals surface area contributed by atoms with E-state index in [1.807, 2.05) is 0 Å². The molecule has 0 aliphatic heterocycles. The summed E-state index contributed by atoms with van der Waals surface area (Å²) in [6.45, 7) is 14.0. The molecule has 0 saturated heterocycles. The molecule has 0 nitrogen and oxygen atoms in total. The summed E-state index contributed by atoms with van der Waals surface area (Å²) >= 11 is 0. The van der Waals surface area contributed by atoms with Gasteiger partial charge in [-0.15, -0.1) is 12.1 Å². The number of rotatable bonds is 4. The van der Waals surface area contributed by atoms with Crippen LogP contribution in [-0.4, -0.2) is 16.8 Å². The van der Waals surface area contributed by atoms with Crippen molar-refractivity contribution in [2.75, 3.05) is 0 Å². The van der Waals surface area contributed by atoms with Gasteiger partial charge in [-0.1, -0.05) is 54.1 Å². The summed E-state index contributed by atoms with van der Waals surface area (Å²) in [5.41, 5.74) is 5.26. The molecule has 0 N–H and O–H groups in total. The van der Waals surface area contributed by atoms with E-state index >= 15 is 0 Å². The summed E-state index contributed by atoms with van der Waals surface area (Å²) in [5.74, 6) is 0. The fourth-order valence-corrected chi connectivity index (χ4v) is 2.28. The maximum atomic E-state index is 3.92. The molecule has 0 aliphatic carbocycles. The van der Waals surface area contributed by atoms with E-state index in [4.69, 9.17) is 0 Å². The molecule has 106 valence electrons. The van der Waals surface area contributed by atoms with Crippen molar-refractivity contribution in [1.82, 2.24) is 0 Å². The Hall–Kier alpha value is -1.46. The summed E-state index contributed by atoms with van der Waals surface area (Å²) < 4.78 is 0. The molecule has 0 fully saturated rings. The van der Waals surface area contributed by atoms with Gasteiger partial charge in [-0.05, 0) is 13.2 Å². The van der Waals surface area contributed by atoms with E-state index in [1.54, 1.807) is 6.92 Å². The van der Waals surface area contributed by atoms with Crippen molar-refractivity contribution in [3.05, 3.63) is 84.6 Å². The molecular weight excluding hydrogens is 248 g/mol. The fourth-order valence-electron chi connectivity index (χ4n) is 2.28. The zero-order chi connectivity index (χ0) is 15.0. The van der Waals surface area contributed by atoms with Crippen molar-refractivity contribution in [1.29, 1.82) is 0 Å². The number of hydrogen-bond acceptors (Lipinski definition) is 0. The molecule has 0 radical (unpaired) electrons. The van der Waals surface area contributed by atoms with Crippen molar-refractivity contribution < 1.29 is 0 Å². The molecule has 0 saturated carbocycles. The SMILES string of the molecule is [Be+2].[CH2-]C.[CH2-]c1ccc(CB(C)Cc2ccc(C)cc2)cc1. The average molecular weight is 273 g/mol. The summed E-state index contributed by atoms with van der Waals surface area (Å²) in [4.78, 5) is 0. The predicted octanol–water partition coefficient (Wildman–Crippen LogP) is 4.63. The maximum absolute atomic E-state index is 3.92. The van der Waals surface area contributed by atoms with E-state index in [0.717, 1.165) is 18.2 Å². The minimum absolute atomic E-state index is 0. The van der Waals surface area contributed by atoms with Gasteiger partial charge in [0.15, 0.2) is 0 Å². The smallest absolute Gasteiger partial charge is 0.346 e. The van der Waals surface area contributed by atoms with Crippen LogP contribution in [-0.2, 0) is 12.6 Å². The molecule has 21 heavy (non-hydrogen) atoms. The van der Waals surface area contributed by atoms with Gasteiger partial charge in [0.05, 0.1) is 0 Å². The molecule has 0 heterocycles. The third kappa shape index (κ3) is 7.20. The van der Waals surface area contributed by atoms with E-state index in [0.29, 0.717) is 6.71 Å². The number of hydrogen-bond donors (Lipinski definition) is 0. The third-order valence-corrected chi connectivity index (χ3v) is 3.31. The Kier molecular flexibility index (Phi) is 9.58. The standard InChI is InChI=1S/C17H20B.C2H5.Be/c1-14-4-8-16(9-5-14)12-18(3)13-17-10-6-15(2)7-11-17;1-2;/h4-11H,1,12-13H2,2-3H3;1H2,2H3;/q2*-1;+2. The van der Waals surface area contributed by atoms with E-state index in [2.05, 4.69) is 76.1 Å². The first kappa shape index (κ1) is 19.5. The van der Waals surface area contributed by atoms with Crippen molar-refractivity contribution in [3.63, 3.8) is 0 Å². The van der Waals surface area contributed by atoms with Crippen LogP contribution in [0.4, 0.5) is 0 Å². The monoisotopic (exact) mass is 273 g/mol. The predicted molar refractivity (Wildman–Crippen MR) is 97.9 cm³/mol. The van der Waals surface area contributed by atoms with E-state index in [-0.39, 0.29) is 10.1 Å². The first-order valence-electron chi connectivity index (χ1n) is 7.30. The van der Waals surface area contributed by atoms with E-state index in [1.165, 1.54) is 16.7 Å². The van der Waals surface area contributed by atoms with Gasteiger partial charge >= 0.3 is 10.1 Å². The first-order valence-corrected chi connectivity index (χ1v) is 7.30. The first-order chi connectivity index (χ1) is 9.63. The maximum Gasteiger partial charge on any atom is 2.00 e. The van der Waals surface area contributed by atoms with Crippen LogP contribution in [0.15, 0.2) is 48.5 Å². The second-order valence-corrected chi connectivity index (χ2v) is 5.32. The number of aryl methyl sites for hydroxylation is 1. The van der Waals surface area contributed by atoms with Crippen molar-refractivity contribution >= 4 is 16.8 Å². The van der Waals surface area contributed by atoms with Crippen LogP contribution >= 0.6 is 0 Å². The van der Waals surface area contributed by atoms with Gasteiger partial charge < -0.3 is 6.92 Å². The second-order valence-electron chi connectivity index (χ2n) is 5.32. The quantitative estimate of drug-likeness (QED) is 0.563. The van der Waals surface area contributed by atoms with Gasteiger partial charge in [0.25, 0.3) is 0 Å². The zero-order valence-corrected chi connectivity index (χ0v) is 13.7. The molecule has 2 heteroatoms. The van der Waals surface area contributed by atoms with Crippen molar-refractivity contribution in [2.24, 2.45) is 0 Å².